The second-order valence-electron chi connectivity index (χ2n) is 4.12. The van der Waals surface area contributed by atoms with Crippen LogP contribution in [0.2, 0.25) is 0 Å². The lowest BCUT2D eigenvalue weighted by molar-refractivity contribution is -0.147. The lowest BCUT2D eigenvalue weighted by atomic mass is 10.4. The minimum Gasteiger partial charge on any atom is -0.463 e. The average Bonchev–Trinajstić information content (AvgIpc) is 2.27. The molecule has 0 spiro atoms. The molecular weight excluding hydrogens is 334 g/mol. The van der Waals surface area contributed by atoms with Gasteiger partial charge in [-0.25, -0.2) is 13.1 Å². The number of rotatable bonds is 6. The van der Waals surface area contributed by atoms with Gasteiger partial charge in [0.1, 0.15) is 0 Å². The Morgan fingerprint density at radius 2 is 2.00 bits per heavy atom. The van der Waals surface area contributed by atoms with Crippen molar-refractivity contribution in [2.45, 2.75) is 31.3 Å². The van der Waals surface area contributed by atoms with E-state index in [1.165, 1.54) is 6.07 Å². The molecule has 1 aromatic carbocycles. The third-order valence-corrected chi connectivity index (χ3v) is 4.59. The first-order valence-electron chi connectivity index (χ1n) is 5.76. The molecule has 0 radical (unpaired) electrons. The van der Waals surface area contributed by atoms with Crippen LogP contribution < -0.4 is 4.72 Å². The number of halogens is 1. The van der Waals surface area contributed by atoms with E-state index in [0.717, 1.165) is 0 Å². The Morgan fingerprint density at radius 1 is 1.37 bits per heavy atom. The molecule has 7 heteroatoms. The maximum absolute atomic E-state index is 12.0. The maximum Gasteiger partial charge on any atom is 0.307 e. The van der Waals surface area contributed by atoms with E-state index < -0.39 is 16.0 Å². The summed E-state index contributed by atoms with van der Waals surface area (Å²) >= 11 is 3.17. The zero-order valence-electron chi connectivity index (χ0n) is 10.7. The van der Waals surface area contributed by atoms with Gasteiger partial charge >= 0.3 is 5.97 Å². The number of benzene rings is 1. The van der Waals surface area contributed by atoms with Crippen LogP contribution in [-0.4, -0.2) is 27.0 Å². The highest BCUT2D eigenvalue weighted by molar-refractivity contribution is 9.10. The van der Waals surface area contributed by atoms with E-state index in [1.807, 2.05) is 0 Å². The molecule has 0 saturated carbocycles. The van der Waals surface area contributed by atoms with E-state index in [0.29, 0.717) is 4.47 Å². The van der Waals surface area contributed by atoms with Crippen molar-refractivity contribution < 1.29 is 17.9 Å². The molecule has 0 unspecified atom stereocenters. The fraction of sp³-hybridized carbons (Fsp3) is 0.417. The van der Waals surface area contributed by atoms with Crippen LogP contribution in [0.4, 0.5) is 0 Å². The Morgan fingerprint density at radius 3 is 2.58 bits per heavy atom. The van der Waals surface area contributed by atoms with Crippen LogP contribution in [-0.2, 0) is 19.6 Å². The summed E-state index contributed by atoms with van der Waals surface area (Å²) in [7, 11) is -3.62. The highest BCUT2D eigenvalue weighted by atomic mass is 79.9. The van der Waals surface area contributed by atoms with Crippen molar-refractivity contribution in [1.82, 2.24) is 4.72 Å². The van der Waals surface area contributed by atoms with E-state index in [2.05, 4.69) is 20.7 Å². The molecule has 0 bridgehead atoms. The van der Waals surface area contributed by atoms with E-state index in [1.54, 1.807) is 32.0 Å². The van der Waals surface area contributed by atoms with Gasteiger partial charge in [-0.1, -0.05) is 12.1 Å². The first-order chi connectivity index (χ1) is 8.83. The molecule has 0 fully saturated rings. The number of hydrogen-bond acceptors (Lipinski definition) is 4. The maximum atomic E-state index is 12.0. The summed E-state index contributed by atoms with van der Waals surface area (Å²) in [6, 6.07) is 6.48. The molecule has 0 aliphatic heterocycles. The van der Waals surface area contributed by atoms with Gasteiger partial charge in [-0.15, -0.1) is 0 Å². The molecule has 0 saturated heterocycles. The molecule has 0 heterocycles. The average molecular weight is 350 g/mol. The van der Waals surface area contributed by atoms with E-state index >= 15 is 0 Å². The molecule has 0 aliphatic carbocycles. The quantitative estimate of drug-likeness (QED) is 0.798. The Labute approximate surface area is 121 Å². The summed E-state index contributed by atoms with van der Waals surface area (Å²) < 4.78 is 31.7. The number of hydrogen-bond donors (Lipinski definition) is 1. The smallest absolute Gasteiger partial charge is 0.307 e. The van der Waals surface area contributed by atoms with Crippen molar-refractivity contribution in [3.63, 3.8) is 0 Å². The molecule has 0 amide bonds. The molecule has 106 valence electrons. The normalized spacial score (nSPS) is 11.6. The van der Waals surface area contributed by atoms with Crippen LogP contribution in [0.3, 0.4) is 0 Å². The zero-order valence-corrected chi connectivity index (χ0v) is 13.1. The molecule has 0 aliphatic rings. The molecule has 1 aromatic rings. The predicted octanol–water partition coefficient (Wildman–Crippen LogP) is 2.07. The second-order valence-corrected chi connectivity index (χ2v) is 6.71. The van der Waals surface area contributed by atoms with Crippen molar-refractivity contribution >= 4 is 31.9 Å². The van der Waals surface area contributed by atoms with Crippen LogP contribution in [0.25, 0.3) is 0 Å². The molecule has 1 N–H and O–H groups in total. The van der Waals surface area contributed by atoms with E-state index in [9.17, 15) is 13.2 Å². The molecule has 0 atom stereocenters. The van der Waals surface area contributed by atoms with E-state index in [-0.39, 0.29) is 24.0 Å². The van der Waals surface area contributed by atoms with Gasteiger partial charge in [-0.2, -0.15) is 0 Å². The van der Waals surface area contributed by atoms with Crippen molar-refractivity contribution in [3.8, 4) is 0 Å². The van der Waals surface area contributed by atoms with Crippen molar-refractivity contribution in [3.05, 3.63) is 28.7 Å². The van der Waals surface area contributed by atoms with Gasteiger partial charge in [0, 0.05) is 11.0 Å². The van der Waals surface area contributed by atoms with Gasteiger partial charge in [-0.3, -0.25) is 4.79 Å². The van der Waals surface area contributed by atoms with Crippen molar-refractivity contribution in [1.29, 1.82) is 0 Å². The summed E-state index contributed by atoms with van der Waals surface area (Å²) in [5.41, 5.74) is 0. The number of sulfonamides is 1. The Bertz CT molecular complexity index is 542. The fourth-order valence-corrected chi connectivity index (χ4v) is 3.38. The van der Waals surface area contributed by atoms with Crippen molar-refractivity contribution in [2.75, 3.05) is 6.54 Å². The summed E-state index contributed by atoms with van der Waals surface area (Å²) in [5, 5.41) is 0. The highest BCUT2D eigenvalue weighted by Gasteiger charge is 2.17. The second kappa shape index (κ2) is 7.02. The van der Waals surface area contributed by atoms with Gasteiger partial charge in [0.15, 0.2) is 0 Å². The highest BCUT2D eigenvalue weighted by Crippen LogP contribution is 2.20. The number of ether oxygens (including phenoxy) is 1. The number of nitrogens with one attached hydrogen (secondary N) is 1. The predicted molar refractivity (Wildman–Crippen MR) is 75.2 cm³/mol. The molecule has 1 rings (SSSR count). The Balaban J connectivity index is 2.58. The summed E-state index contributed by atoms with van der Waals surface area (Å²) in [6.07, 6.45) is -0.200. The van der Waals surface area contributed by atoms with Gasteiger partial charge in [-0.05, 0) is 41.9 Å². The number of carbonyl (C=O) groups is 1. The lowest BCUT2D eigenvalue weighted by Crippen LogP contribution is -2.27. The molecule has 19 heavy (non-hydrogen) atoms. The van der Waals surface area contributed by atoms with Crippen LogP contribution in [0.5, 0.6) is 0 Å². The fourth-order valence-electron chi connectivity index (χ4n) is 1.35. The minimum atomic E-state index is -3.62. The summed E-state index contributed by atoms with van der Waals surface area (Å²) in [4.78, 5) is 11.4. The molecule has 0 aromatic heterocycles. The zero-order chi connectivity index (χ0) is 14.5. The third-order valence-electron chi connectivity index (χ3n) is 2.11. The SMILES string of the molecule is CC(C)OC(=O)CCNS(=O)(=O)c1ccccc1Br. The van der Waals surface area contributed by atoms with Crippen LogP contribution in [0.1, 0.15) is 20.3 Å². The molecular formula is C12H16BrNO4S. The topological polar surface area (TPSA) is 72.5 Å². The van der Waals surface area contributed by atoms with Crippen molar-refractivity contribution in [2.24, 2.45) is 0 Å². The summed E-state index contributed by atoms with van der Waals surface area (Å²) in [6.45, 7) is 3.49. The number of esters is 1. The van der Waals surface area contributed by atoms with Crippen LogP contribution in [0, 0.1) is 0 Å². The van der Waals surface area contributed by atoms with Crippen LogP contribution >= 0.6 is 15.9 Å². The largest absolute Gasteiger partial charge is 0.463 e. The van der Waals surface area contributed by atoms with Gasteiger partial charge in [0.25, 0.3) is 0 Å². The Kier molecular flexibility index (Phi) is 5.96. The number of carbonyl (C=O) groups excluding carboxylic acids is 1. The molecule has 5 nitrogen and oxygen atoms in total. The van der Waals surface area contributed by atoms with Gasteiger partial charge in [0.05, 0.1) is 17.4 Å². The standard InChI is InChI=1S/C12H16BrNO4S/c1-9(2)18-12(15)7-8-14-19(16,17)11-6-4-3-5-10(11)13/h3-6,9,14H,7-8H2,1-2H3. The summed E-state index contributed by atoms with van der Waals surface area (Å²) in [5.74, 6) is -0.426. The first kappa shape index (κ1) is 16.1. The van der Waals surface area contributed by atoms with Gasteiger partial charge < -0.3 is 4.74 Å². The monoisotopic (exact) mass is 349 g/mol. The minimum absolute atomic E-state index is 0.00185. The van der Waals surface area contributed by atoms with Gasteiger partial charge in [0.2, 0.25) is 10.0 Å². The lowest BCUT2D eigenvalue weighted by Gasteiger charge is -2.09. The third kappa shape index (κ3) is 5.30. The Hall–Kier alpha value is -0.920. The van der Waals surface area contributed by atoms with E-state index in [4.69, 9.17) is 4.74 Å². The van der Waals surface area contributed by atoms with Crippen LogP contribution in [0.15, 0.2) is 33.6 Å². The first-order valence-corrected chi connectivity index (χ1v) is 8.04.